The summed E-state index contributed by atoms with van der Waals surface area (Å²) in [4.78, 5) is 0. The van der Waals surface area contributed by atoms with Crippen molar-refractivity contribution in [2.24, 2.45) is 0 Å². The van der Waals surface area contributed by atoms with E-state index in [4.69, 9.17) is 4.52 Å². The number of rotatable bonds is 1. The Hall–Kier alpha value is -1.81. The van der Waals surface area contributed by atoms with Gasteiger partial charge in [-0.15, -0.1) is 0 Å². The molecule has 84 valence electrons. The number of hydrogen-bond acceptors (Lipinski definition) is 3. The van der Waals surface area contributed by atoms with E-state index in [0.717, 1.165) is 26.7 Å². The molecule has 0 spiro atoms. The van der Waals surface area contributed by atoms with Gasteiger partial charge in [0.1, 0.15) is 11.4 Å². The van der Waals surface area contributed by atoms with Crippen molar-refractivity contribution in [1.82, 2.24) is 5.16 Å². The van der Waals surface area contributed by atoms with Crippen LogP contribution in [0.3, 0.4) is 0 Å². The average Bonchev–Trinajstić information content (AvgIpc) is 2.75. The third kappa shape index (κ3) is 1.70. The van der Waals surface area contributed by atoms with E-state index in [9.17, 15) is 5.11 Å². The van der Waals surface area contributed by atoms with Crippen molar-refractivity contribution in [2.75, 3.05) is 0 Å². The lowest BCUT2D eigenvalue weighted by Crippen LogP contribution is -1.77. The lowest BCUT2D eigenvalue weighted by Gasteiger charge is -1.97. The summed E-state index contributed by atoms with van der Waals surface area (Å²) >= 11 is 3.42. The molecule has 3 rings (SSSR count). The van der Waals surface area contributed by atoms with Crippen LogP contribution in [0.2, 0.25) is 0 Å². The van der Waals surface area contributed by atoms with E-state index < -0.39 is 0 Å². The predicted molar refractivity (Wildman–Crippen MR) is 68.8 cm³/mol. The van der Waals surface area contributed by atoms with Crippen LogP contribution in [0.4, 0.5) is 0 Å². The molecule has 0 radical (unpaired) electrons. The van der Waals surface area contributed by atoms with Gasteiger partial charge in [-0.1, -0.05) is 11.2 Å². The summed E-state index contributed by atoms with van der Waals surface area (Å²) in [5, 5.41) is 14.3. The number of aromatic nitrogens is 1. The molecular weight excluding hydrogens is 282 g/mol. The summed E-state index contributed by atoms with van der Waals surface area (Å²) in [6.45, 7) is 0. The molecule has 4 heteroatoms. The van der Waals surface area contributed by atoms with Gasteiger partial charge in [0.2, 0.25) is 0 Å². The topological polar surface area (TPSA) is 46.3 Å². The summed E-state index contributed by atoms with van der Waals surface area (Å²) in [6, 6.07) is 12.7. The van der Waals surface area contributed by atoms with Gasteiger partial charge in [0.05, 0.1) is 9.86 Å². The zero-order valence-electron chi connectivity index (χ0n) is 8.72. The summed E-state index contributed by atoms with van der Waals surface area (Å²) in [5.74, 6) is 0.239. The fraction of sp³-hybridized carbons (Fsp3) is 0. The Balaban J connectivity index is 2.24. The highest BCUT2D eigenvalue weighted by atomic mass is 79.9. The predicted octanol–water partition coefficient (Wildman–Crippen LogP) is 3.96. The first-order chi connectivity index (χ1) is 8.25. The molecule has 0 atom stereocenters. The molecule has 0 aliphatic rings. The first-order valence-corrected chi connectivity index (χ1v) is 5.88. The molecule has 0 aliphatic carbocycles. The molecule has 0 aliphatic heterocycles. The quantitative estimate of drug-likeness (QED) is 0.737. The van der Waals surface area contributed by atoms with Gasteiger partial charge in [-0.25, -0.2) is 0 Å². The largest absolute Gasteiger partial charge is 0.508 e. The highest BCUT2D eigenvalue weighted by molar-refractivity contribution is 9.10. The smallest absolute Gasteiger partial charge is 0.181 e. The van der Waals surface area contributed by atoms with Crippen molar-refractivity contribution in [3.05, 3.63) is 46.9 Å². The maximum atomic E-state index is 9.26. The minimum absolute atomic E-state index is 0.239. The fourth-order valence-electron chi connectivity index (χ4n) is 1.76. The molecular formula is C13H8BrNO2. The lowest BCUT2D eigenvalue weighted by molar-refractivity contribution is 0.458. The zero-order chi connectivity index (χ0) is 11.8. The SMILES string of the molecule is Oc1ccc(-c2noc3c(Br)cccc23)cc1. The lowest BCUT2D eigenvalue weighted by atomic mass is 10.1. The summed E-state index contributed by atoms with van der Waals surface area (Å²) in [5.41, 5.74) is 2.43. The van der Waals surface area contributed by atoms with Crippen LogP contribution in [-0.4, -0.2) is 10.3 Å². The summed E-state index contributed by atoms with van der Waals surface area (Å²) in [7, 11) is 0. The normalized spacial score (nSPS) is 10.9. The number of nitrogens with zero attached hydrogens (tertiary/aromatic N) is 1. The maximum Gasteiger partial charge on any atom is 0.181 e. The molecule has 0 unspecified atom stereocenters. The Morgan fingerprint density at radius 2 is 1.82 bits per heavy atom. The number of phenols is 1. The van der Waals surface area contributed by atoms with Gasteiger partial charge in [-0.3, -0.25) is 0 Å². The van der Waals surface area contributed by atoms with E-state index in [2.05, 4.69) is 21.1 Å². The molecule has 3 aromatic rings. The van der Waals surface area contributed by atoms with Crippen LogP contribution in [0.25, 0.3) is 22.2 Å². The molecule has 17 heavy (non-hydrogen) atoms. The van der Waals surface area contributed by atoms with E-state index in [1.54, 1.807) is 12.1 Å². The van der Waals surface area contributed by atoms with E-state index in [1.165, 1.54) is 0 Å². The van der Waals surface area contributed by atoms with E-state index in [-0.39, 0.29) is 5.75 Å². The first-order valence-electron chi connectivity index (χ1n) is 5.09. The van der Waals surface area contributed by atoms with Crippen LogP contribution < -0.4 is 0 Å². The standard InChI is InChI=1S/C13H8BrNO2/c14-11-3-1-2-10-12(15-17-13(10)11)8-4-6-9(16)7-5-8/h1-7,16H. The zero-order valence-corrected chi connectivity index (χ0v) is 10.3. The highest BCUT2D eigenvalue weighted by Gasteiger charge is 2.11. The van der Waals surface area contributed by atoms with Gasteiger partial charge in [0.15, 0.2) is 5.58 Å². The number of para-hydroxylation sites is 1. The van der Waals surface area contributed by atoms with Gasteiger partial charge in [-0.2, -0.15) is 0 Å². The van der Waals surface area contributed by atoms with Crippen molar-refractivity contribution < 1.29 is 9.63 Å². The van der Waals surface area contributed by atoms with Crippen LogP contribution in [0.5, 0.6) is 5.75 Å². The van der Waals surface area contributed by atoms with Crippen molar-refractivity contribution in [2.45, 2.75) is 0 Å². The Kier molecular flexibility index (Phi) is 2.37. The number of fused-ring (bicyclic) bond motifs is 1. The minimum Gasteiger partial charge on any atom is -0.508 e. The molecule has 3 nitrogen and oxygen atoms in total. The van der Waals surface area contributed by atoms with Crippen molar-refractivity contribution in [3.8, 4) is 17.0 Å². The van der Waals surface area contributed by atoms with Gasteiger partial charge < -0.3 is 9.63 Å². The second kappa shape index (κ2) is 3.89. The molecule has 0 saturated heterocycles. The maximum absolute atomic E-state index is 9.26. The third-order valence-electron chi connectivity index (χ3n) is 2.59. The second-order valence-electron chi connectivity index (χ2n) is 3.69. The second-order valence-corrected chi connectivity index (χ2v) is 4.55. The van der Waals surface area contributed by atoms with Gasteiger partial charge in [-0.05, 0) is 52.3 Å². The molecule has 1 heterocycles. The monoisotopic (exact) mass is 289 g/mol. The van der Waals surface area contributed by atoms with Crippen LogP contribution in [0.15, 0.2) is 51.5 Å². The van der Waals surface area contributed by atoms with E-state index >= 15 is 0 Å². The molecule has 0 fully saturated rings. The number of aromatic hydroxyl groups is 1. The summed E-state index contributed by atoms with van der Waals surface area (Å²) in [6.07, 6.45) is 0. The molecule has 2 aromatic carbocycles. The fourth-order valence-corrected chi connectivity index (χ4v) is 2.19. The van der Waals surface area contributed by atoms with E-state index in [1.807, 2.05) is 30.3 Å². The Morgan fingerprint density at radius 1 is 1.06 bits per heavy atom. The van der Waals surface area contributed by atoms with Crippen LogP contribution in [0.1, 0.15) is 0 Å². The van der Waals surface area contributed by atoms with Crippen LogP contribution in [-0.2, 0) is 0 Å². The Bertz CT molecular complexity index is 673. The first kappa shape index (κ1) is 10.4. The van der Waals surface area contributed by atoms with Gasteiger partial charge >= 0.3 is 0 Å². The number of phenolic OH excluding ortho intramolecular Hbond substituents is 1. The molecule has 0 saturated carbocycles. The Morgan fingerprint density at radius 3 is 2.59 bits per heavy atom. The number of halogens is 1. The molecule has 0 bridgehead atoms. The van der Waals surface area contributed by atoms with Crippen molar-refractivity contribution >= 4 is 26.9 Å². The van der Waals surface area contributed by atoms with E-state index in [0.29, 0.717) is 0 Å². The van der Waals surface area contributed by atoms with Crippen molar-refractivity contribution in [3.63, 3.8) is 0 Å². The van der Waals surface area contributed by atoms with Crippen molar-refractivity contribution in [1.29, 1.82) is 0 Å². The molecule has 1 N–H and O–H groups in total. The van der Waals surface area contributed by atoms with Gasteiger partial charge in [0, 0.05) is 5.56 Å². The van der Waals surface area contributed by atoms with Crippen LogP contribution >= 0.6 is 15.9 Å². The third-order valence-corrected chi connectivity index (χ3v) is 3.22. The number of hydrogen-bond donors (Lipinski definition) is 1. The van der Waals surface area contributed by atoms with Crippen LogP contribution in [0, 0.1) is 0 Å². The average molecular weight is 290 g/mol. The molecule has 0 amide bonds. The Labute approximate surface area is 106 Å². The minimum atomic E-state index is 0.239. The molecule has 1 aromatic heterocycles. The number of benzene rings is 2. The van der Waals surface area contributed by atoms with Gasteiger partial charge in [0.25, 0.3) is 0 Å². The summed E-state index contributed by atoms with van der Waals surface area (Å²) < 4.78 is 6.19. The highest BCUT2D eigenvalue weighted by Crippen LogP contribution is 2.32.